The Morgan fingerprint density at radius 3 is 2.67 bits per heavy atom. The zero-order valence-corrected chi connectivity index (χ0v) is 11.8. The van der Waals surface area contributed by atoms with Gasteiger partial charge in [0.2, 0.25) is 0 Å². The molecule has 1 saturated carbocycles. The van der Waals surface area contributed by atoms with Crippen molar-refractivity contribution in [2.24, 2.45) is 11.3 Å². The van der Waals surface area contributed by atoms with Crippen LogP contribution in [-0.2, 0) is 0 Å². The van der Waals surface area contributed by atoms with Crippen molar-refractivity contribution >= 4 is 0 Å². The summed E-state index contributed by atoms with van der Waals surface area (Å²) in [6.45, 7) is 10.9. The highest BCUT2D eigenvalue weighted by atomic mass is 16.3. The fraction of sp³-hybridized carbons (Fsp3) is 0.647. The highest BCUT2D eigenvalue weighted by Gasteiger charge is 2.57. The highest BCUT2D eigenvalue weighted by molar-refractivity contribution is 5.48. The van der Waals surface area contributed by atoms with Crippen LogP contribution in [0.25, 0.3) is 0 Å². The molecule has 1 N–H and O–H groups in total. The van der Waals surface area contributed by atoms with Crippen molar-refractivity contribution in [1.29, 1.82) is 0 Å². The van der Waals surface area contributed by atoms with Gasteiger partial charge in [-0.05, 0) is 57.6 Å². The van der Waals surface area contributed by atoms with Gasteiger partial charge in [-0.1, -0.05) is 30.2 Å². The molecule has 0 radical (unpaired) electrons. The predicted molar refractivity (Wildman–Crippen MR) is 75.2 cm³/mol. The van der Waals surface area contributed by atoms with Gasteiger partial charge in [0.25, 0.3) is 0 Å². The molecule has 3 rings (SSSR count). The number of fused-ring (bicyclic) bond motifs is 2. The summed E-state index contributed by atoms with van der Waals surface area (Å²) in [5, 5.41) is 11.4. The normalized spacial score (nSPS) is 43.7. The lowest BCUT2D eigenvalue weighted by molar-refractivity contribution is 0.0172. The van der Waals surface area contributed by atoms with Gasteiger partial charge in [-0.15, -0.1) is 0 Å². The molecule has 1 fully saturated rings. The van der Waals surface area contributed by atoms with Crippen LogP contribution < -0.4 is 0 Å². The molecular formula is C17H24O. The molecule has 3 atom stereocenters. The van der Waals surface area contributed by atoms with Crippen molar-refractivity contribution in [2.75, 3.05) is 0 Å². The summed E-state index contributed by atoms with van der Waals surface area (Å²) in [5.41, 5.74) is 4.37. The second-order valence-electron chi connectivity index (χ2n) is 6.72. The maximum Gasteiger partial charge on any atom is 0.113 e. The maximum atomic E-state index is 11.4. The van der Waals surface area contributed by atoms with E-state index in [0.717, 1.165) is 25.7 Å². The molecule has 0 aliphatic heterocycles. The average Bonchev–Trinajstić information content (AvgIpc) is 2.82. The molecular weight excluding hydrogens is 220 g/mol. The minimum absolute atomic E-state index is 0.141. The molecule has 1 nitrogen and oxygen atoms in total. The number of rotatable bonds is 1. The van der Waals surface area contributed by atoms with E-state index < -0.39 is 5.60 Å². The SMILES string of the molecule is C=C1[C@H]2CC[C@@]1(C)[C@](O)(C1=C(C)CCC1)C=C2C. The van der Waals surface area contributed by atoms with E-state index in [9.17, 15) is 5.11 Å². The average molecular weight is 244 g/mol. The predicted octanol–water partition coefficient (Wildman–Crippen LogP) is 4.15. The van der Waals surface area contributed by atoms with Gasteiger partial charge < -0.3 is 5.11 Å². The van der Waals surface area contributed by atoms with Gasteiger partial charge in [-0.2, -0.15) is 0 Å². The van der Waals surface area contributed by atoms with E-state index in [2.05, 4.69) is 33.4 Å². The topological polar surface area (TPSA) is 20.2 Å². The van der Waals surface area contributed by atoms with Gasteiger partial charge in [0, 0.05) is 11.3 Å². The van der Waals surface area contributed by atoms with Crippen molar-refractivity contribution < 1.29 is 5.11 Å². The van der Waals surface area contributed by atoms with E-state index in [1.54, 1.807) is 0 Å². The largest absolute Gasteiger partial charge is 0.380 e. The zero-order chi connectivity index (χ0) is 13.1. The van der Waals surface area contributed by atoms with Gasteiger partial charge in [-0.25, -0.2) is 0 Å². The fourth-order valence-electron chi connectivity index (χ4n) is 4.51. The molecule has 18 heavy (non-hydrogen) atoms. The summed E-state index contributed by atoms with van der Waals surface area (Å²) >= 11 is 0. The highest BCUT2D eigenvalue weighted by Crippen LogP contribution is 2.61. The molecule has 0 aromatic heterocycles. The Balaban J connectivity index is 2.19. The number of aliphatic hydroxyl groups is 1. The molecule has 3 aliphatic carbocycles. The van der Waals surface area contributed by atoms with Crippen LogP contribution in [0.3, 0.4) is 0 Å². The van der Waals surface area contributed by atoms with E-state index >= 15 is 0 Å². The molecule has 2 bridgehead atoms. The fourth-order valence-corrected chi connectivity index (χ4v) is 4.51. The van der Waals surface area contributed by atoms with E-state index in [1.165, 1.54) is 28.7 Å². The van der Waals surface area contributed by atoms with Crippen LogP contribution >= 0.6 is 0 Å². The lowest BCUT2D eigenvalue weighted by Gasteiger charge is -2.47. The third-order valence-corrected chi connectivity index (χ3v) is 5.84. The van der Waals surface area contributed by atoms with Crippen molar-refractivity contribution in [2.45, 2.75) is 58.5 Å². The van der Waals surface area contributed by atoms with Crippen molar-refractivity contribution in [1.82, 2.24) is 0 Å². The smallest absolute Gasteiger partial charge is 0.113 e. The van der Waals surface area contributed by atoms with Gasteiger partial charge in [-0.3, -0.25) is 0 Å². The van der Waals surface area contributed by atoms with Gasteiger partial charge in [0.1, 0.15) is 5.60 Å². The van der Waals surface area contributed by atoms with Crippen molar-refractivity contribution in [3.8, 4) is 0 Å². The molecule has 0 spiro atoms. The molecule has 0 aromatic rings. The van der Waals surface area contributed by atoms with Crippen LogP contribution in [0.5, 0.6) is 0 Å². The molecule has 1 heteroatoms. The number of hydrogen-bond acceptors (Lipinski definition) is 1. The summed E-state index contributed by atoms with van der Waals surface area (Å²) in [6.07, 6.45) is 7.78. The summed E-state index contributed by atoms with van der Waals surface area (Å²) in [7, 11) is 0. The van der Waals surface area contributed by atoms with Crippen LogP contribution in [0.4, 0.5) is 0 Å². The van der Waals surface area contributed by atoms with E-state index in [1.807, 2.05) is 0 Å². The first-order valence-electron chi connectivity index (χ1n) is 7.20. The zero-order valence-electron chi connectivity index (χ0n) is 11.8. The first-order chi connectivity index (χ1) is 8.40. The quantitative estimate of drug-likeness (QED) is 0.687. The molecule has 0 heterocycles. The van der Waals surface area contributed by atoms with Crippen LogP contribution in [0.2, 0.25) is 0 Å². The second kappa shape index (κ2) is 3.60. The van der Waals surface area contributed by atoms with Gasteiger partial charge in [0.15, 0.2) is 0 Å². The Hall–Kier alpha value is -0.820. The van der Waals surface area contributed by atoms with Crippen molar-refractivity contribution in [3.05, 3.63) is 34.9 Å². The first-order valence-corrected chi connectivity index (χ1v) is 7.20. The van der Waals surface area contributed by atoms with Crippen LogP contribution in [-0.4, -0.2) is 10.7 Å². The second-order valence-corrected chi connectivity index (χ2v) is 6.72. The van der Waals surface area contributed by atoms with Crippen LogP contribution in [0.1, 0.15) is 52.9 Å². The third kappa shape index (κ3) is 1.26. The van der Waals surface area contributed by atoms with Gasteiger partial charge >= 0.3 is 0 Å². The van der Waals surface area contributed by atoms with E-state index in [4.69, 9.17) is 0 Å². The van der Waals surface area contributed by atoms with Crippen molar-refractivity contribution in [3.63, 3.8) is 0 Å². The molecule has 0 unspecified atom stereocenters. The molecule has 3 aliphatic rings. The van der Waals surface area contributed by atoms with Crippen LogP contribution in [0, 0.1) is 11.3 Å². The Morgan fingerprint density at radius 1 is 1.33 bits per heavy atom. The third-order valence-electron chi connectivity index (χ3n) is 5.84. The monoisotopic (exact) mass is 244 g/mol. The molecule has 0 saturated heterocycles. The first kappa shape index (κ1) is 12.2. The standard InChI is InChI=1S/C17H24O/c1-11-6-5-7-15(11)17(18)10-12(2)14-8-9-16(17,4)13(14)3/h10,14,18H,3,5-9H2,1-2,4H3/t14-,16+,17+/m0/s1. The summed E-state index contributed by atoms with van der Waals surface area (Å²) in [5.74, 6) is 0.512. The molecule has 98 valence electrons. The number of allylic oxidation sites excluding steroid dienone is 2. The lowest BCUT2D eigenvalue weighted by atomic mass is 9.61. The molecule has 0 aromatic carbocycles. The maximum absolute atomic E-state index is 11.4. The summed E-state index contributed by atoms with van der Waals surface area (Å²) in [6, 6.07) is 0. The minimum atomic E-state index is -0.762. The van der Waals surface area contributed by atoms with Crippen LogP contribution in [0.15, 0.2) is 34.9 Å². The summed E-state index contributed by atoms with van der Waals surface area (Å²) in [4.78, 5) is 0. The lowest BCUT2D eigenvalue weighted by Crippen LogP contribution is -2.48. The minimum Gasteiger partial charge on any atom is -0.380 e. The van der Waals surface area contributed by atoms with Gasteiger partial charge in [0.05, 0.1) is 0 Å². The van der Waals surface area contributed by atoms with E-state index in [0.29, 0.717) is 5.92 Å². The Bertz CT molecular complexity index is 482. The Morgan fingerprint density at radius 2 is 2.06 bits per heavy atom. The summed E-state index contributed by atoms with van der Waals surface area (Å²) < 4.78 is 0. The molecule has 0 amide bonds. The Labute approximate surface area is 110 Å². The van der Waals surface area contributed by atoms with E-state index in [-0.39, 0.29) is 5.41 Å². The number of hydrogen-bond donors (Lipinski definition) is 1. The Kier molecular flexibility index (Phi) is 2.45.